The minimum absolute atomic E-state index is 0.0150. The quantitative estimate of drug-likeness (QED) is 0.767. The number of nitrogens with zero attached hydrogens (tertiary/aromatic N) is 3. The molecule has 1 aromatic carbocycles. The third-order valence-corrected chi connectivity index (χ3v) is 4.05. The number of benzene rings is 1. The van der Waals surface area contributed by atoms with Crippen LogP contribution >= 0.6 is 11.8 Å². The van der Waals surface area contributed by atoms with Crippen LogP contribution in [0.15, 0.2) is 47.9 Å². The molecule has 0 saturated carbocycles. The second-order valence-electron chi connectivity index (χ2n) is 5.11. The van der Waals surface area contributed by atoms with Gasteiger partial charge in [0.15, 0.2) is 0 Å². The van der Waals surface area contributed by atoms with Gasteiger partial charge in [0.1, 0.15) is 12.7 Å². The molecule has 6 nitrogen and oxygen atoms in total. The number of carbonyl (C=O) groups excluding carboxylic acids is 1. The van der Waals surface area contributed by atoms with E-state index in [0.717, 1.165) is 0 Å². The molecule has 2 rings (SSSR count). The Bertz CT molecular complexity index is 561. The van der Waals surface area contributed by atoms with Crippen LogP contribution in [-0.2, 0) is 6.54 Å². The van der Waals surface area contributed by atoms with Crippen molar-refractivity contribution in [2.24, 2.45) is 0 Å². The van der Waals surface area contributed by atoms with E-state index in [4.69, 9.17) is 0 Å². The molecule has 0 aliphatic rings. The van der Waals surface area contributed by atoms with Gasteiger partial charge >= 0.3 is 6.03 Å². The second kappa shape index (κ2) is 8.43. The highest BCUT2D eigenvalue weighted by Gasteiger charge is 2.10. The molecule has 2 amide bonds. The van der Waals surface area contributed by atoms with E-state index in [0.29, 0.717) is 18.3 Å². The van der Waals surface area contributed by atoms with E-state index >= 15 is 0 Å². The van der Waals surface area contributed by atoms with E-state index in [2.05, 4.69) is 39.8 Å². The summed E-state index contributed by atoms with van der Waals surface area (Å²) >= 11 is 1.74. The Labute approximate surface area is 134 Å². The second-order valence-corrected chi connectivity index (χ2v) is 6.63. The van der Waals surface area contributed by atoms with Gasteiger partial charge in [-0.2, -0.15) is 5.10 Å². The lowest BCUT2D eigenvalue weighted by atomic mass is 10.3. The van der Waals surface area contributed by atoms with Crippen LogP contribution in [0, 0.1) is 0 Å². The summed E-state index contributed by atoms with van der Waals surface area (Å²) in [5, 5.41) is 10.1. The number of thioether (sulfide) groups is 1. The topological polar surface area (TPSA) is 71.8 Å². The van der Waals surface area contributed by atoms with Crippen molar-refractivity contribution in [3.8, 4) is 0 Å². The number of urea groups is 1. The van der Waals surface area contributed by atoms with E-state index in [1.54, 1.807) is 22.8 Å². The van der Waals surface area contributed by atoms with Crippen LogP contribution in [-0.4, -0.2) is 38.6 Å². The van der Waals surface area contributed by atoms with Crippen LogP contribution in [0.3, 0.4) is 0 Å². The minimum Gasteiger partial charge on any atom is -0.337 e. The molecular weight excluding hydrogens is 298 g/mol. The Morgan fingerprint density at radius 3 is 2.77 bits per heavy atom. The van der Waals surface area contributed by atoms with Gasteiger partial charge in [-0.1, -0.05) is 25.1 Å². The Hall–Kier alpha value is -2.02. The van der Waals surface area contributed by atoms with Gasteiger partial charge in [-0.3, -0.25) is 4.68 Å². The molecule has 7 heteroatoms. The maximum absolute atomic E-state index is 11.9. The molecule has 118 valence electrons. The summed E-state index contributed by atoms with van der Waals surface area (Å²) in [7, 11) is 0. The van der Waals surface area contributed by atoms with Crippen molar-refractivity contribution >= 4 is 17.8 Å². The van der Waals surface area contributed by atoms with Crippen molar-refractivity contribution in [3.63, 3.8) is 0 Å². The van der Waals surface area contributed by atoms with Crippen molar-refractivity contribution in [2.75, 3.05) is 6.54 Å². The molecule has 1 aromatic heterocycles. The van der Waals surface area contributed by atoms with Crippen molar-refractivity contribution in [2.45, 2.75) is 36.6 Å². The molecule has 0 saturated heterocycles. The van der Waals surface area contributed by atoms with E-state index in [1.807, 2.05) is 25.1 Å². The van der Waals surface area contributed by atoms with Gasteiger partial charge in [-0.05, 0) is 19.1 Å². The third kappa shape index (κ3) is 5.77. The SMILES string of the molecule is C[C@H](CNC(=O)N[C@@H](C)Cn1cncn1)Sc1ccccc1. The molecular formula is C15H21N5OS. The molecule has 0 unspecified atom stereocenters. The van der Waals surface area contributed by atoms with E-state index < -0.39 is 0 Å². The predicted octanol–water partition coefficient (Wildman–Crippen LogP) is 2.15. The lowest BCUT2D eigenvalue weighted by Crippen LogP contribution is -2.44. The fourth-order valence-electron chi connectivity index (χ4n) is 1.94. The summed E-state index contributed by atoms with van der Waals surface area (Å²) < 4.78 is 1.69. The molecule has 0 spiro atoms. The molecule has 2 N–H and O–H groups in total. The maximum atomic E-state index is 11.9. The molecule has 0 fully saturated rings. The number of amides is 2. The number of carbonyl (C=O) groups is 1. The van der Waals surface area contributed by atoms with Gasteiger partial charge < -0.3 is 10.6 Å². The maximum Gasteiger partial charge on any atom is 0.315 e. The van der Waals surface area contributed by atoms with Crippen molar-refractivity contribution in [1.29, 1.82) is 0 Å². The molecule has 2 aromatic rings. The fourth-order valence-corrected chi connectivity index (χ4v) is 2.88. The van der Waals surface area contributed by atoms with Gasteiger partial charge in [0.05, 0.1) is 6.54 Å². The summed E-state index contributed by atoms with van der Waals surface area (Å²) in [6.45, 7) is 5.24. The molecule has 0 aliphatic heterocycles. The smallest absolute Gasteiger partial charge is 0.315 e. The first-order valence-electron chi connectivity index (χ1n) is 7.22. The predicted molar refractivity (Wildman–Crippen MR) is 87.8 cm³/mol. The first-order chi connectivity index (χ1) is 10.6. The molecule has 0 bridgehead atoms. The Morgan fingerprint density at radius 1 is 1.32 bits per heavy atom. The lowest BCUT2D eigenvalue weighted by Gasteiger charge is -2.16. The van der Waals surface area contributed by atoms with E-state index in [-0.39, 0.29) is 12.1 Å². The van der Waals surface area contributed by atoms with Gasteiger partial charge in [0.2, 0.25) is 0 Å². The van der Waals surface area contributed by atoms with Crippen LogP contribution < -0.4 is 10.6 Å². The summed E-state index contributed by atoms with van der Waals surface area (Å²) in [5.74, 6) is 0. The Balaban J connectivity index is 1.66. The number of aromatic nitrogens is 3. The minimum atomic E-state index is -0.159. The van der Waals surface area contributed by atoms with Gasteiger partial charge in [0.25, 0.3) is 0 Å². The largest absolute Gasteiger partial charge is 0.337 e. The number of rotatable bonds is 7. The van der Waals surface area contributed by atoms with Crippen LogP contribution in [0.5, 0.6) is 0 Å². The first kappa shape index (κ1) is 16.4. The van der Waals surface area contributed by atoms with Crippen LogP contribution in [0.4, 0.5) is 4.79 Å². The van der Waals surface area contributed by atoms with Crippen molar-refractivity contribution in [3.05, 3.63) is 43.0 Å². The summed E-state index contributed by atoms with van der Waals surface area (Å²) in [4.78, 5) is 16.9. The monoisotopic (exact) mass is 319 g/mol. The number of nitrogens with one attached hydrogen (secondary N) is 2. The molecule has 0 radical (unpaired) electrons. The summed E-state index contributed by atoms with van der Waals surface area (Å²) in [5.41, 5.74) is 0. The number of hydrogen-bond donors (Lipinski definition) is 2. The van der Waals surface area contributed by atoms with Crippen LogP contribution in [0.25, 0.3) is 0 Å². The fraction of sp³-hybridized carbons (Fsp3) is 0.400. The standard InChI is InChI=1S/C15H21N5OS/c1-12(9-20-11-16-10-18-20)19-15(21)17-8-13(2)22-14-6-4-3-5-7-14/h3-7,10-13H,8-9H2,1-2H3,(H2,17,19,21)/t12-,13+/m0/s1. The first-order valence-corrected chi connectivity index (χ1v) is 8.10. The van der Waals surface area contributed by atoms with Crippen LogP contribution in [0.2, 0.25) is 0 Å². The zero-order valence-corrected chi connectivity index (χ0v) is 13.6. The lowest BCUT2D eigenvalue weighted by molar-refractivity contribution is 0.236. The van der Waals surface area contributed by atoms with Gasteiger partial charge in [0, 0.05) is 22.7 Å². The molecule has 22 heavy (non-hydrogen) atoms. The van der Waals surface area contributed by atoms with Crippen LogP contribution in [0.1, 0.15) is 13.8 Å². The van der Waals surface area contributed by atoms with E-state index in [1.165, 1.54) is 11.2 Å². The van der Waals surface area contributed by atoms with Crippen molar-refractivity contribution < 1.29 is 4.79 Å². The van der Waals surface area contributed by atoms with Gasteiger partial charge in [-0.15, -0.1) is 11.8 Å². The highest BCUT2D eigenvalue weighted by molar-refractivity contribution is 8.00. The average molecular weight is 319 g/mol. The van der Waals surface area contributed by atoms with E-state index in [9.17, 15) is 4.79 Å². The normalized spacial score (nSPS) is 13.4. The Morgan fingerprint density at radius 2 is 2.09 bits per heavy atom. The third-order valence-electron chi connectivity index (χ3n) is 2.94. The molecule has 1 heterocycles. The average Bonchev–Trinajstić information content (AvgIpc) is 2.99. The highest BCUT2D eigenvalue weighted by Crippen LogP contribution is 2.21. The highest BCUT2D eigenvalue weighted by atomic mass is 32.2. The zero-order chi connectivity index (χ0) is 15.8. The summed E-state index contributed by atoms with van der Waals surface area (Å²) in [6.07, 6.45) is 3.12. The van der Waals surface area contributed by atoms with Gasteiger partial charge in [-0.25, -0.2) is 9.78 Å². The number of hydrogen-bond acceptors (Lipinski definition) is 4. The zero-order valence-electron chi connectivity index (χ0n) is 12.8. The Kier molecular flexibility index (Phi) is 6.27. The molecule has 0 aliphatic carbocycles. The summed E-state index contributed by atoms with van der Waals surface area (Å²) in [6, 6.07) is 9.99. The molecule has 2 atom stereocenters. The van der Waals surface area contributed by atoms with Crippen molar-refractivity contribution in [1.82, 2.24) is 25.4 Å².